The van der Waals surface area contributed by atoms with Crippen LogP contribution < -0.4 is 4.74 Å². The Morgan fingerprint density at radius 3 is 2.43 bits per heavy atom. The van der Waals surface area contributed by atoms with Gasteiger partial charge in [0.2, 0.25) is 0 Å². The number of ether oxygens (including phenoxy) is 1. The van der Waals surface area contributed by atoms with Gasteiger partial charge in [-0.25, -0.2) is 0 Å². The molecule has 3 aromatic rings. The molecule has 0 aromatic heterocycles. The number of carbonyl (C=O) groups is 1. The van der Waals surface area contributed by atoms with Gasteiger partial charge in [-0.1, -0.05) is 42.5 Å². The zero-order chi connectivity index (χ0) is 16.1. The van der Waals surface area contributed by atoms with Crippen molar-refractivity contribution in [1.29, 1.82) is 0 Å². The zero-order valence-corrected chi connectivity index (χ0v) is 13.8. The number of carbonyl (C=O) groups excluding carboxylic acids is 1. The van der Waals surface area contributed by atoms with E-state index in [2.05, 4.69) is 24.3 Å². The van der Waals surface area contributed by atoms with Gasteiger partial charge in [-0.15, -0.1) is 11.8 Å². The van der Waals surface area contributed by atoms with Crippen molar-refractivity contribution >= 4 is 28.3 Å². The van der Waals surface area contributed by atoms with Crippen LogP contribution in [-0.2, 0) is 0 Å². The van der Waals surface area contributed by atoms with E-state index in [1.807, 2.05) is 42.5 Å². The van der Waals surface area contributed by atoms with Gasteiger partial charge in [-0.05, 0) is 42.0 Å². The zero-order valence-electron chi connectivity index (χ0n) is 13.0. The van der Waals surface area contributed by atoms with Gasteiger partial charge >= 0.3 is 0 Å². The number of thioether (sulfide) groups is 1. The second kappa shape index (κ2) is 7.34. The van der Waals surface area contributed by atoms with Crippen LogP contribution in [0.2, 0.25) is 0 Å². The Kier molecular flexibility index (Phi) is 4.99. The number of hydrogen-bond donors (Lipinski definition) is 0. The van der Waals surface area contributed by atoms with Crippen LogP contribution >= 0.6 is 11.8 Å². The van der Waals surface area contributed by atoms with E-state index in [-0.39, 0.29) is 5.78 Å². The Morgan fingerprint density at radius 2 is 1.70 bits per heavy atom. The topological polar surface area (TPSA) is 26.3 Å². The number of rotatable bonds is 6. The van der Waals surface area contributed by atoms with Crippen molar-refractivity contribution in [2.45, 2.75) is 11.8 Å². The fraction of sp³-hybridized carbons (Fsp3) is 0.150. The molecular formula is C20H18O2S. The highest BCUT2D eigenvalue weighted by atomic mass is 32.2. The average molecular weight is 322 g/mol. The molecule has 0 fully saturated rings. The predicted molar refractivity (Wildman–Crippen MR) is 96.6 cm³/mol. The van der Waals surface area contributed by atoms with E-state index in [0.29, 0.717) is 6.61 Å². The number of fused-ring (bicyclic) bond motifs is 1. The number of benzene rings is 3. The monoisotopic (exact) mass is 322 g/mol. The lowest BCUT2D eigenvalue weighted by molar-refractivity contribution is 0.101. The van der Waals surface area contributed by atoms with Gasteiger partial charge in [0.1, 0.15) is 5.75 Å². The molecule has 0 aliphatic rings. The van der Waals surface area contributed by atoms with Crippen molar-refractivity contribution < 1.29 is 9.53 Å². The molecule has 0 amide bonds. The molecule has 0 N–H and O–H groups in total. The summed E-state index contributed by atoms with van der Waals surface area (Å²) in [6, 6.07) is 22.1. The molecule has 0 saturated carbocycles. The Labute approximate surface area is 140 Å². The maximum atomic E-state index is 11.2. The molecule has 0 bridgehead atoms. The fourth-order valence-corrected chi connectivity index (χ4v) is 3.09. The van der Waals surface area contributed by atoms with Crippen LogP contribution in [0.4, 0.5) is 0 Å². The predicted octanol–water partition coefficient (Wildman–Crippen LogP) is 5.21. The molecule has 0 unspecified atom stereocenters. The molecule has 0 aliphatic carbocycles. The Morgan fingerprint density at radius 1 is 0.957 bits per heavy atom. The van der Waals surface area contributed by atoms with Gasteiger partial charge < -0.3 is 4.74 Å². The Hall–Kier alpha value is -2.26. The lowest BCUT2D eigenvalue weighted by Crippen LogP contribution is -2.00. The van der Waals surface area contributed by atoms with Crippen molar-refractivity contribution in [3.63, 3.8) is 0 Å². The number of Topliss-reactive ketones (excluding diaryl/α,β-unsaturated/α-hetero) is 1. The normalized spacial score (nSPS) is 10.7. The first-order valence-electron chi connectivity index (χ1n) is 7.58. The summed E-state index contributed by atoms with van der Waals surface area (Å²) in [6.07, 6.45) is 0. The third-order valence-corrected chi connectivity index (χ3v) is 4.58. The average Bonchev–Trinajstić information content (AvgIpc) is 2.59. The molecule has 0 aliphatic heterocycles. The molecule has 3 heteroatoms. The first-order chi connectivity index (χ1) is 11.2. The fourth-order valence-electron chi connectivity index (χ4n) is 2.36. The van der Waals surface area contributed by atoms with E-state index in [1.165, 1.54) is 10.8 Å². The number of hydrogen-bond acceptors (Lipinski definition) is 3. The van der Waals surface area contributed by atoms with Crippen LogP contribution in [0.25, 0.3) is 10.8 Å². The van der Waals surface area contributed by atoms with E-state index in [1.54, 1.807) is 18.7 Å². The summed E-state index contributed by atoms with van der Waals surface area (Å²) in [5, 5.41) is 2.41. The summed E-state index contributed by atoms with van der Waals surface area (Å²) in [7, 11) is 0. The summed E-state index contributed by atoms with van der Waals surface area (Å²) in [5.41, 5.74) is 0.752. The summed E-state index contributed by atoms with van der Waals surface area (Å²) >= 11 is 1.73. The van der Waals surface area contributed by atoms with Crippen molar-refractivity contribution in [2.24, 2.45) is 0 Å². The third kappa shape index (κ3) is 4.14. The Balaban J connectivity index is 1.51. The van der Waals surface area contributed by atoms with Crippen LogP contribution in [0.15, 0.2) is 71.6 Å². The van der Waals surface area contributed by atoms with Gasteiger partial charge in [0.25, 0.3) is 0 Å². The lowest BCUT2D eigenvalue weighted by atomic mass is 10.1. The summed E-state index contributed by atoms with van der Waals surface area (Å²) in [6.45, 7) is 2.23. The highest BCUT2D eigenvalue weighted by Crippen LogP contribution is 2.22. The van der Waals surface area contributed by atoms with Crippen molar-refractivity contribution in [1.82, 2.24) is 0 Å². The van der Waals surface area contributed by atoms with Gasteiger partial charge in [-0.2, -0.15) is 0 Å². The highest BCUT2D eigenvalue weighted by Gasteiger charge is 2.01. The molecule has 0 heterocycles. The van der Waals surface area contributed by atoms with Crippen LogP contribution in [-0.4, -0.2) is 18.1 Å². The minimum atomic E-state index is 0.0983. The SMILES string of the molecule is CC(=O)c1ccc(SCCOc2ccc3ccccc3c2)cc1. The van der Waals surface area contributed by atoms with Crippen LogP contribution in [0, 0.1) is 0 Å². The molecule has 3 aromatic carbocycles. The molecule has 0 atom stereocenters. The van der Waals surface area contributed by atoms with Crippen molar-refractivity contribution in [2.75, 3.05) is 12.4 Å². The molecule has 116 valence electrons. The summed E-state index contributed by atoms with van der Waals surface area (Å²) < 4.78 is 5.82. The lowest BCUT2D eigenvalue weighted by Gasteiger charge is -2.07. The van der Waals surface area contributed by atoms with Gasteiger partial charge in [0.15, 0.2) is 5.78 Å². The van der Waals surface area contributed by atoms with Crippen LogP contribution in [0.5, 0.6) is 5.75 Å². The molecule has 0 saturated heterocycles. The minimum Gasteiger partial charge on any atom is -0.493 e. The maximum Gasteiger partial charge on any atom is 0.159 e. The smallest absolute Gasteiger partial charge is 0.159 e. The van der Waals surface area contributed by atoms with Crippen molar-refractivity contribution in [3.8, 4) is 5.75 Å². The first kappa shape index (κ1) is 15.6. The second-order valence-corrected chi connectivity index (χ2v) is 6.45. The van der Waals surface area contributed by atoms with Crippen LogP contribution in [0.3, 0.4) is 0 Å². The van der Waals surface area contributed by atoms with E-state index in [0.717, 1.165) is 22.0 Å². The summed E-state index contributed by atoms with van der Waals surface area (Å²) in [5.74, 6) is 1.86. The molecule has 0 spiro atoms. The number of ketones is 1. The first-order valence-corrected chi connectivity index (χ1v) is 8.56. The molecule has 23 heavy (non-hydrogen) atoms. The van der Waals surface area contributed by atoms with Gasteiger partial charge in [0, 0.05) is 16.2 Å². The standard InChI is InChI=1S/C20H18O2S/c1-15(21)16-7-10-20(11-8-16)23-13-12-22-19-9-6-17-4-2-3-5-18(17)14-19/h2-11,14H,12-13H2,1H3. The second-order valence-electron chi connectivity index (χ2n) is 5.29. The van der Waals surface area contributed by atoms with Crippen LogP contribution in [0.1, 0.15) is 17.3 Å². The third-order valence-electron chi connectivity index (χ3n) is 3.60. The quantitative estimate of drug-likeness (QED) is 0.354. The summed E-state index contributed by atoms with van der Waals surface area (Å²) in [4.78, 5) is 12.4. The Bertz CT molecular complexity index is 809. The molecular weight excluding hydrogens is 304 g/mol. The van der Waals surface area contributed by atoms with E-state index in [4.69, 9.17) is 4.74 Å². The van der Waals surface area contributed by atoms with E-state index < -0.39 is 0 Å². The molecule has 2 nitrogen and oxygen atoms in total. The largest absolute Gasteiger partial charge is 0.493 e. The minimum absolute atomic E-state index is 0.0983. The van der Waals surface area contributed by atoms with Crippen molar-refractivity contribution in [3.05, 3.63) is 72.3 Å². The van der Waals surface area contributed by atoms with E-state index in [9.17, 15) is 4.79 Å². The van der Waals surface area contributed by atoms with Gasteiger partial charge in [0.05, 0.1) is 6.61 Å². The molecule has 3 rings (SSSR count). The maximum absolute atomic E-state index is 11.2. The van der Waals surface area contributed by atoms with Gasteiger partial charge in [-0.3, -0.25) is 4.79 Å². The highest BCUT2D eigenvalue weighted by molar-refractivity contribution is 7.99. The van der Waals surface area contributed by atoms with E-state index >= 15 is 0 Å². The molecule has 0 radical (unpaired) electrons.